The van der Waals surface area contributed by atoms with Crippen LogP contribution in [0, 0.1) is 0 Å². The molecule has 114 valence electrons. The van der Waals surface area contributed by atoms with Gasteiger partial charge in [-0.25, -0.2) is 0 Å². The van der Waals surface area contributed by atoms with Gasteiger partial charge in [0.1, 0.15) is 0 Å². The van der Waals surface area contributed by atoms with E-state index >= 15 is 0 Å². The lowest BCUT2D eigenvalue weighted by Crippen LogP contribution is -2.21. The summed E-state index contributed by atoms with van der Waals surface area (Å²) in [5.41, 5.74) is 3.78. The highest BCUT2D eigenvalue weighted by atomic mass is 79.9. The van der Waals surface area contributed by atoms with Crippen molar-refractivity contribution in [2.24, 2.45) is 7.05 Å². The lowest BCUT2D eigenvalue weighted by atomic mass is 10.1. The van der Waals surface area contributed by atoms with E-state index in [4.69, 9.17) is 0 Å². The Morgan fingerprint density at radius 2 is 2.19 bits per heavy atom. The molecule has 0 fully saturated rings. The highest BCUT2D eigenvalue weighted by molar-refractivity contribution is 9.10. The van der Waals surface area contributed by atoms with E-state index in [-0.39, 0.29) is 0 Å². The minimum absolute atomic E-state index is 0.852. The maximum absolute atomic E-state index is 4.23. The first-order valence-corrected chi connectivity index (χ1v) is 8.07. The standard InChI is InChI=1S/C16H23BrN4/c1-4-7-18-10-14-5-6-15(17)8-16(14)20(2)11-13-9-19-21(3)12-13/h5-6,8-9,12,18H,4,7,10-11H2,1-3H3. The maximum Gasteiger partial charge on any atom is 0.0539 e. The summed E-state index contributed by atoms with van der Waals surface area (Å²) >= 11 is 3.57. The Kier molecular flexibility index (Phi) is 5.82. The molecule has 2 rings (SSSR count). The summed E-state index contributed by atoms with van der Waals surface area (Å²) in [7, 11) is 4.07. The van der Waals surface area contributed by atoms with E-state index in [2.05, 4.69) is 69.6 Å². The van der Waals surface area contributed by atoms with Gasteiger partial charge in [0, 0.05) is 49.1 Å². The van der Waals surface area contributed by atoms with Crippen molar-refractivity contribution in [3.63, 3.8) is 0 Å². The molecule has 0 aliphatic carbocycles. The van der Waals surface area contributed by atoms with Crippen LogP contribution in [-0.2, 0) is 20.1 Å². The molecule has 1 N–H and O–H groups in total. The quantitative estimate of drug-likeness (QED) is 0.777. The number of rotatable bonds is 7. The van der Waals surface area contributed by atoms with Crippen LogP contribution >= 0.6 is 15.9 Å². The number of benzene rings is 1. The van der Waals surface area contributed by atoms with E-state index in [0.717, 1.165) is 30.5 Å². The predicted octanol–water partition coefficient (Wildman–Crippen LogP) is 3.32. The summed E-state index contributed by atoms with van der Waals surface area (Å²) in [5, 5.41) is 7.71. The average Bonchev–Trinajstić information content (AvgIpc) is 2.86. The molecule has 0 saturated carbocycles. The molecule has 0 amide bonds. The molecule has 0 aliphatic rings. The highest BCUT2D eigenvalue weighted by Crippen LogP contribution is 2.25. The van der Waals surface area contributed by atoms with Gasteiger partial charge < -0.3 is 10.2 Å². The van der Waals surface area contributed by atoms with Gasteiger partial charge in [-0.1, -0.05) is 28.9 Å². The summed E-state index contributed by atoms with van der Waals surface area (Å²) in [6, 6.07) is 6.46. The van der Waals surface area contributed by atoms with Crippen molar-refractivity contribution in [2.45, 2.75) is 26.4 Å². The van der Waals surface area contributed by atoms with Crippen molar-refractivity contribution in [3.05, 3.63) is 46.2 Å². The Hall–Kier alpha value is -1.33. The smallest absolute Gasteiger partial charge is 0.0539 e. The number of nitrogens with one attached hydrogen (secondary N) is 1. The van der Waals surface area contributed by atoms with Gasteiger partial charge in [0.25, 0.3) is 0 Å². The second kappa shape index (κ2) is 7.61. The fraction of sp³-hybridized carbons (Fsp3) is 0.438. The molecule has 0 bridgehead atoms. The number of anilines is 1. The van der Waals surface area contributed by atoms with Crippen molar-refractivity contribution in [3.8, 4) is 0 Å². The lowest BCUT2D eigenvalue weighted by molar-refractivity contribution is 0.673. The predicted molar refractivity (Wildman–Crippen MR) is 91.5 cm³/mol. The van der Waals surface area contributed by atoms with Gasteiger partial charge >= 0.3 is 0 Å². The van der Waals surface area contributed by atoms with Crippen LogP contribution in [0.2, 0.25) is 0 Å². The van der Waals surface area contributed by atoms with Crippen LogP contribution in [0.5, 0.6) is 0 Å². The number of halogens is 1. The van der Waals surface area contributed by atoms with Crippen molar-refractivity contribution in [2.75, 3.05) is 18.5 Å². The van der Waals surface area contributed by atoms with E-state index in [9.17, 15) is 0 Å². The second-order valence-corrected chi connectivity index (χ2v) is 6.24. The van der Waals surface area contributed by atoms with Crippen molar-refractivity contribution in [1.82, 2.24) is 15.1 Å². The average molecular weight is 351 g/mol. The molecule has 5 heteroatoms. The second-order valence-electron chi connectivity index (χ2n) is 5.33. The van der Waals surface area contributed by atoms with Crippen LogP contribution in [0.25, 0.3) is 0 Å². The molecule has 0 saturated heterocycles. The molecule has 0 radical (unpaired) electrons. The zero-order valence-electron chi connectivity index (χ0n) is 12.9. The summed E-state index contributed by atoms with van der Waals surface area (Å²) < 4.78 is 2.95. The molecule has 1 aromatic heterocycles. The molecule has 1 aromatic carbocycles. The SMILES string of the molecule is CCCNCc1ccc(Br)cc1N(C)Cc1cnn(C)c1. The van der Waals surface area contributed by atoms with Gasteiger partial charge in [-0.2, -0.15) is 5.10 Å². The zero-order chi connectivity index (χ0) is 15.2. The molecule has 21 heavy (non-hydrogen) atoms. The Labute approximate surface area is 135 Å². The maximum atomic E-state index is 4.23. The molecule has 4 nitrogen and oxygen atoms in total. The molecule has 0 unspecified atom stereocenters. The van der Waals surface area contributed by atoms with E-state index in [1.54, 1.807) is 0 Å². The number of aryl methyl sites for hydroxylation is 1. The molecule has 0 atom stereocenters. The lowest BCUT2D eigenvalue weighted by Gasteiger charge is -2.22. The third-order valence-electron chi connectivity index (χ3n) is 3.38. The monoisotopic (exact) mass is 350 g/mol. The number of aromatic nitrogens is 2. The van der Waals surface area contributed by atoms with Gasteiger partial charge in [0.2, 0.25) is 0 Å². The van der Waals surface area contributed by atoms with Crippen molar-refractivity contribution in [1.29, 1.82) is 0 Å². The Morgan fingerprint density at radius 3 is 2.86 bits per heavy atom. The third-order valence-corrected chi connectivity index (χ3v) is 3.87. The molecular weight excluding hydrogens is 328 g/mol. The summed E-state index contributed by atoms with van der Waals surface area (Å²) in [5.74, 6) is 0. The Bertz CT molecular complexity index is 579. The van der Waals surface area contributed by atoms with Crippen LogP contribution in [0.15, 0.2) is 35.1 Å². The molecular formula is C16H23BrN4. The Morgan fingerprint density at radius 1 is 1.38 bits per heavy atom. The van der Waals surface area contributed by atoms with Crippen LogP contribution in [0.4, 0.5) is 5.69 Å². The largest absolute Gasteiger partial charge is 0.370 e. The first-order chi connectivity index (χ1) is 10.1. The van der Waals surface area contributed by atoms with Gasteiger partial charge in [-0.3, -0.25) is 4.68 Å². The highest BCUT2D eigenvalue weighted by Gasteiger charge is 2.09. The number of hydrogen-bond donors (Lipinski definition) is 1. The summed E-state index contributed by atoms with van der Waals surface area (Å²) in [4.78, 5) is 2.27. The van der Waals surface area contributed by atoms with Gasteiger partial charge in [-0.15, -0.1) is 0 Å². The van der Waals surface area contributed by atoms with Crippen LogP contribution in [0.3, 0.4) is 0 Å². The third kappa shape index (κ3) is 4.58. The number of nitrogens with zero attached hydrogens (tertiary/aromatic N) is 3. The van der Waals surface area contributed by atoms with E-state index < -0.39 is 0 Å². The summed E-state index contributed by atoms with van der Waals surface area (Å²) in [6.45, 7) is 4.98. The van der Waals surface area contributed by atoms with Gasteiger partial charge in [0.15, 0.2) is 0 Å². The summed E-state index contributed by atoms with van der Waals surface area (Å²) in [6.07, 6.45) is 5.13. The fourth-order valence-corrected chi connectivity index (χ4v) is 2.70. The molecule has 0 spiro atoms. The molecule has 0 aliphatic heterocycles. The van der Waals surface area contributed by atoms with E-state index in [1.807, 2.05) is 17.9 Å². The van der Waals surface area contributed by atoms with E-state index in [1.165, 1.54) is 16.8 Å². The van der Waals surface area contributed by atoms with Crippen LogP contribution < -0.4 is 10.2 Å². The minimum atomic E-state index is 0.852. The number of hydrogen-bond acceptors (Lipinski definition) is 3. The van der Waals surface area contributed by atoms with Gasteiger partial charge in [-0.05, 0) is 30.7 Å². The fourth-order valence-electron chi connectivity index (χ4n) is 2.35. The van der Waals surface area contributed by atoms with Crippen molar-refractivity contribution >= 4 is 21.6 Å². The van der Waals surface area contributed by atoms with Gasteiger partial charge in [0.05, 0.1) is 6.20 Å². The van der Waals surface area contributed by atoms with Crippen LogP contribution in [-0.4, -0.2) is 23.4 Å². The molecule has 1 heterocycles. The normalized spacial score (nSPS) is 10.9. The first kappa shape index (κ1) is 16.0. The molecule has 2 aromatic rings. The first-order valence-electron chi connectivity index (χ1n) is 7.28. The van der Waals surface area contributed by atoms with Crippen molar-refractivity contribution < 1.29 is 0 Å². The van der Waals surface area contributed by atoms with E-state index in [0.29, 0.717) is 0 Å². The topological polar surface area (TPSA) is 33.1 Å². The van der Waals surface area contributed by atoms with Crippen LogP contribution in [0.1, 0.15) is 24.5 Å². The zero-order valence-corrected chi connectivity index (χ0v) is 14.5. The Balaban J connectivity index is 2.13. The minimum Gasteiger partial charge on any atom is -0.370 e.